The Labute approximate surface area is 261 Å². The zero-order valence-corrected chi connectivity index (χ0v) is 26.8. The molecule has 0 bridgehead atoms. The van der Waals surface area contributed by atoms with Gasteiger partial charge in [0.1, 0.15) is 19.3 Å². The Kier molecular flexibility index (Phi) is 10.7. The second-order valence-electron chi connectivity index (χ2n) is 13.4. The minimum atomic E-state index is -0.704. The van der Waals surface area contributed by atoms with Gasteiger partial charge in [-0.2, -0.15) is 0 Å². The molecule has 6 atom stereocenters. The van der Waals surface area contributed by atoms with Crippen LogP contribution in [0.5, 0.6) is 0 Å². The molecule has 2 fully saturated rings. The highest BCUT2D eigenvalue weighted by atomic mass is 16.7. The topological polar surface area (TPSA) is 102 Å². The summed E-state index contributed by atoms with van der Waals surface area (Å²) in [5, 5.41) is 0. The average molecular weight is 612 g/mol. The Morgan fingerprint density at radius 3 is 2.30 bits per heavy atom. The van der Waals surface area contributed by atoms with Gasteiger partial charge in [-0.05, 0) is 98.2 Å². The third-order valence-corrected chi connectivity index (χ3v) is 10.5. The lowest BCUT2D eigenvalue weighted by molar-refractivity contribution is -0.0405. The van der Waals surface area contributed by atoms with E-state index in [4.69, 9.17) is 28.4 Å². The highest BCUT2D eigenvalue weighted by Gasteiger charge is 2.57. The molecule has 242 valence electrons. The van der Waals surface area contributed by atoms with Crippen molar-refractivity contribution in [2.75, 3.05) is 39.6 Å². The molecule has 0 saturated heterocycles. The van der Waals surface area contributed by atoms with Crippen molar-refractivity contribution in [1.82, 2.24) is 4.98 Å². The van der Waals surface area contributed by atoms with Gasteiger partial charge in [0.15, 0.2) is 0 Å². The van der Waals surface area contributed by atoms with Crippen molar-refractivity contribution in [3.63, 3.8) is 0 Å². The van der Waals surface area contributed by atoms with Crippen LogP contribution < -0.4 is 0 Å². The SMILES string of the molecule is CC(C)OC(=O)OCCOCCOCCOC(=O)O[C@H]1CC[C@@]2(C)C(=CC[C@@H]3[C@@H]2CC[C@]2(C)C(c4cccnc4)=CC[C@@H]32)C1. The number of hydrogen-bond donors (Lipinski definition) is 0. The van der Waals surface area contributed by atoms with Gasteiger partial charge in [0.05, 0.1) is 32.5 Å². The van der Waals surface area contributed by atoms with Crippen molar-refractivity contribution in [2.45, 2.75) is 84.8 Å². The number of carbonyl (C=O) groups excluding carboxylic acids is 2. The number of aromatic nitrogens is 1. The molecule has 0 radical (unpaired) electrons. The van der Waals surface area contributed by atoms with Gasteiger partial charge in [0.2, 0.25) is 0 Å². The third-order valence-electron chi connectivity index (χ3n) is 10.5. The van der Waals surface area contributed by atoms with Crippen molar-refractivity contribution in [3.05, 3.63) is 47.8 Å². The molecule has 0 aliphatic heterocycles. The van der Waals surface area contributed by atoms with E-state index in [0.717, 1.165) is 32.1 Å². The van der Waals surface area contributed by atoms with Crippen molar-refractivity contribution in [2.24, 2.45) is 28.6 Å². The van der Waals surface area contributed by atoms with E-state index in [1.165, 1.54) is 29.6 Å². The smallest absolute Gasteiger partial charge is 0.432 e. The van der Waals surface area contributed by atoms with E-state index in [2.05, 4.69) is 37.0 Å². The number of nitrogens with zero attached hydrogens (tertiary/aromatic N) is 1. The molecule has 0 spiro atoms. The summed E-state index contributed by atoms with van der Waals surface area (Å²) in [6.45, 7) is 9.88. The minimum absolute atomic E-state index is 0.115. The number of allylic oxidation sites excluding steroid dienone is 3. The number of fused-ring (bicyclic) bond motifs is 5. The molecule has 9 heteroatoms. The van der Waals surface area contributed by atoms with Crippen LogP contribution in [0, 0.1) is 28.6 Å². The van der Waals surface area contributed by atoms with Crippen LogP contribution in [-0.2, 0) is 28.4 Å². The van der Waals surface area contributed by atoms with Crippen LogP contribution >= 0.6 is 0 Å². The largest absolute Gasteiger partial charge is 0.508 e. The summed E-state index contributed by atoms with van der Waals surface area (Å²) in [6.07, 6.45) is 14.6. The lowest BCUT2D eigenvalue weighted by Crippen LogP contribution is -2.50. The second kappa shape index (κ2) is 14.5. The van der Waals surface area contributed by atoms with Gasteiger partial charge in [0, 0.05) is 18.8 Å². The normalized spacial score (nSPS) is 30.8. The molecule has 1 heterocycles. The molecule has 0 amide bonds. The van der Waals surface area contributed by atoms with E-state index >= 15 is 0 Å². The number of hydrogen-bond acceptors (Lipinski definition) is 9. The number of ether oxygens (including phenoxy) is 6. The van der Waals surface area contributed by atoms with Gasteiger partial charge in [0.25, 0.3) is 0 Å². The molecule has 44 heavy (non-hydrogen) atoms. The van der Waals surface area contributed by atoms with Gasteiger partial charge >= 0.3 is 12.3 Å². The first-order chi connectivity index (χ1) is 21.2. The van der Waals surface area contributed by atoms with Gasteiger partial charge in [-0.3, -0.25) is 4.98 Å². The molecular weight excluding hydrogens is 562 g/mol. The van der Waals surface area contributed by atoms with Crippen molar-refractivity contribution < 1.29 is 38.0 Å². The van der Waals surface area contributed by atoms with E-state index in [1.807, 2.05) is 18.5 Å². The molecule has 2 saturated carbocycles. The summed E-state index contributed by atoms with van der Waals surface area (Å²) in [5.41, 5.74) is 4.63. The fourth-order valence-corrected chi connectivity index (χ4v) is 8.35. The average Bonchev–Trinajstić information content (AvgIpc) is 3.35. The Morgan fingerprint density at radius 2 is 1.59 bits per heavy atom. The van der Waals surface area contributed by atoms with Gasteiger partial charge in [-0.1, -0.05) is 37.6 Å². The Bertz CT molecular complexity index is 1200. The van der Waals surface area contributed by atoms with Crippen molar-refractivity contribution >= 4 is 17.9 Å². The van der Waals surface area contributed by atoms with E-state index in [1.54, 1.807) is 13.8 Å². The van der Waals surface area contributed by atoms with E-state index in [9.17, 15) is 9.59 Å². The second-order valence-corrected chi connectivity index (χ2v) is 13.4. The zero-order chi connectivity index (χ0) is 31.2. The Hall–Kier alpha value is -2.91. The first kappa shape index (κ1) is 32.5. The standard InChI is InChI=1S/C35H49NO8/c1-24(2)43-32(37)41-20-18-39-16-17-40-19-21-42-33(38)44-27-11-13-34(3)26(22-27)7-8-28-30-10-9-29(25-6-5-15-36-23-25)35(30,4)14-12-31(28)34/h5-7,9,15,23-24,27-28,30-31H,8,10-14,16-22H2,1-4H3/t27-,28-,30-,31-,34-,35+/m0/s1. The maximum atomic E-state index is 12.4. The summed E-state index contributed by atoms with van der Waals surface area (Å²) in [7, 11) is 0. The molecular formula is C35H49NO8. The van der Waals surface area contributed by atoms with Crippen LogP contribution in [0.1, 0.15) is 78.2 Å². The summed E-state index contributed by atoms with van der Waals surface area (Å²) in [6, 6.07) is 4.26. The molecule has 4 aliphatic rings. The third kappa shape index (κ3) is 7.31. The maximum Gasteiger partial charge on any atom is 0.508 e. The molecule has 1 aromatic heterocycles. The molecule has 4 aliphatic carbocycles. The fourth-order valence-electron chi connectivity index (χ4n) is 8.35. The minimum Gasteiger partial charge on any atom is -0.432 e. The zero-order valence-electron chi connectivity index (χ0n) is 26.8. The van der Waals surface area contributed by atoms with Gasteiger partial charge < -0.3 is 28.4 Å². The van der Waals surface area contributed by atoms with Crippen molar-refractivity contribution in [3.8, 4) is 0 Å². The highest BCUT2D eigenvalue weighted by molar-refractivity contribution is 5.72. The van der Waals surface area contributed by atoms with Crippen molar-refractivity contribution in [1.29, 1.82) is 0 Å². The highest BCUT2D eigenvalue weighted by Crippen LogP contribution is 2.66. The summed E-state index contributed by atoms with van der Waals surface area (Å²) in [4.78, 5) is 28.1. The van der Waals surface area contributed by atoms with E-state index in [-0.39, 0.29) is 49.5 Å². The Morgan fingerprint density at radius 1 is 0.886 bits per heavy atom. The first-order valence-corrected chi connectivity index (χ1v) is 16.3. The van der Waals surface area contributed by atoms with E-state index in [0.29, 0.717) is 31.0 Å². The summed E-state index contributed by atoms with van der Waals surface area (Å²) < 4.78 is 31.6. The van der Waals surface area contributed by atoms with Crippen LogP contribution in [0.4, 0.5) is 9.59 Å². The van der Waals surface area contributed by atoms with Crippen LogP contribution in [0.15, 0.2) is 42.3 Å². The molecule has 5 rings (SSSR count). The predicted molar refractivity (Wildman–Crippen MR) is 165 cm³/mol. The molecule has 0 N–H and O–H groups in total. The van der Waals surface area contributed by atoms with Gasteiger partial charge in [-0.15, -0.1) is 0 Å². The molecule has 9 nitrogen and oxygen atoms in total. The lowest BCUT2D eigenvalue weighted by atomic mass is 9.47. The fraction of sp³-hybridized carbons (Fsp3) is 0.686. The van der Waals surface area contributed by atoms with Crippen LogP contribution in [0.25, 0.3) is 5.57 Å². The van der Waals surface area contributed by atoms with Gasteiger partial charge in [-0.25, -0.2) is 9.59 Å². The number of carbonyl (C=O) groups is 2. The molecule has 0 aromatic carbocycles. The monoisotopic (exact) mass is 611 g/mol. The number of pyridine rings is 1. The Balaban J connectivity index is 1.00. The van der Waals surface area contributed by atoms with Crippen LogP contribution in [0.3, 0.4) is 0 Å². The maximum absolute atomic E-state index is 12.4. The van der Waals surface area contributed by atoms with Crippen LogP contribution in [0.2, 0.25) is 0 Å². The number of rotatable bonds is 12. The van der Waals surface area contributed by atoms with Crippen LogP contribution in [-0.4, -0.2) is 69.1 Å². The summed E-state index contributed by atoms with van der Waals surface area (Å²) >= 11 is 0. The lowest BCUT2D eigenvalue weighted by Gasteiger charge is -2.57. The molecule has 1 aromatic rings. The quantitative estimate of drug-likeness (QED) is 0.138. The van der Waals surface area contributed by atoms with E-state index < -0.39 is 12.3 Å². The molecule has 0 unspecified atom stereocenters. The summed E-state index contributed by atoms with van der Waals surface area (Å²) in [5.74, 6) is 2.02. The predicted octanol–water partition coefficient (Wildman–Crippen LogP) is 7.15. The first-order valence-electron chi connectivity index (χ1n) is 16.3.